The van der Waals surface area contributed by atoms with Crippen LogP contribution in [-0.2, 0) is 11.3 Å². The average Bonchev–Trinajstić information content (AvgIpc) is 2.55. The molecule has 0 fully saturated rings. The molecule has 1 aliphatic heterocycles. The highest BCUT2D eigenvalue weighted by molar-refractivity contribution is 5.66. The van der Waals surface area contributed by atoms with Crippen molar-refractivity contribution < 1.29 is 14.6 Å². The number of nitrogens with zero attached hydrogens (tertiary/aromatic N) is 1. The van der Waals surface area contributed by atoms with Crippen LogP contribution in [0.5, 0.6) is 5.75 Å². The molecule has 1 heterocycles. The van der Waals surface area contributed by atoms with E-state index in [0.717, 1.165) is 30.9 Å². The highest BCUT2D eigenvalue weighted by Crippen LogP contribution is 2.35. The number of hydrogen-bond donors (Lipinski definition) is 1. The molecule has 3 rings (SSSR count). The molecule has 4 heteroatoms. The number of aliphatic carboxylic acids is 1. The Labute approximate surface area is 136 Å². The van der Waals surface area contributed by atoms with Crippen molar-refractivity contribution in [3.8, 4) is 5.75 Å². The number of fused-ring (bicyclic) bond motifs is 1. The number of rotatable bonds is 6. The van der Waals surface area contributed by atoms with Gasteiger partial charge in [0.15, 0.2) is 0 Å². The van der Waals surface area contributed by atoms with Crippen molar-refractivity contribution in [2.75, 3.05) is 11.4 Å². The topological polar surface area (TPSA) is 49.8 Å². The SMILES string of the molecule is O=C(O)CCCC1CN(Cc2ccccc2)c2ccccc2O1. The normalized spacial score (nSPS) is 16.5. The van der Waals surface area contributed by atoms with Crippen molar-refractivity contribution in [2.45, 2.75) is 31.9 Å². The van der Waals surface area contributed by atoms with Gasteiger partial charge in [-0.15, -0.1) is 0 Å². The lowest BCUT2D eigenvalue weighted by molar-refractivity contribution is -0.137. The maximum Gasteiger partial charge on any atom is 0.303 e. The molecule has 0 radical (unpaired) electrons. The molecule has 1 N–H and O–H groups in total. The van der Waals surface area contributed by atoms with Gasteiger partial charge in [0.1, 0.15) is 11.9 Å². The second-order valence-electron chi connectivity index (χ2n) is 5.86. The van der Waals surface area contributed by atoms with Gasteiger partial charge in [0, 0.05) is 13.0 Å². The largest absolute Gasteiger partial charge is 0.486 e. The van der Waals surface area contributed by atoms with Gasteiger partial charge in [-0.3, -0.25) is 4.79 Å². The van der Waals surface area contributed by atoms with E-state index in [4.69, 9.17) is 9.84 Å². The number of para-hydroxylation sites is 2. The van der Waals surface area contributed by atoms with E-state index in [2.05, 4.69) is 23.1 Å². The summed E-state index contributed by atoms with van der Waals surface area (Å²) < 4.78 is 6.05. The maximum absolute atomic E-state index is 10.7. The number of anilines is 1. The molecule has 0 saturated heterocycles. The minimum atomic E-state index is -0.748. The van der Waals surface area contributed by atoms with Crippen LogP contribution in [0.4, 0.5) is 5.69 Å². The summed E-state index contributed by atoms with van der Waals surface area (Å²) in [6.45, 7) is 1.61. The molecule has 0 bridgehead atoms. The molecular weight excluding hydrogens is 290 g/mol. The van der Waals surface area contributed by atoms with Gasteiger partial charge in [0.2, 0.25) is 0 Å². The first-order valence-electron chi connectivity index (χ1n) is 7.99. The molecule has 1 aliphatic rings. The van der Waals surface area contributed by atoms with E-state index in [9.17, 15) is 4.79 Å². The third-order valence-electron chi connectivity index (χ3n) is 4.06. The molecule has 1 unspecified atom stereocenters. The summed E-state index contributed by atoms with van der Waals surface area (Å²) in [5.41, 5.74) is 2.36. The van der Waals surface area contributed by atoms with E-state index in [-0.39, 0.29) is 12.5 Å². The summed E-state index contributed by atoms with van der Waals surface area (Å²) in [5.74, 6) is 0.136. The van der Waals surface area contributed by atoms with Crippen LogP contribution in [0.25, 0.3) is 0 Å². The lowest BCUT2D eigenvalue weighted by Gasteiger charge is -2.36. The third kappa shape index (κ3) is 4.03. The zero-order valence-corrected chi connectivity index (χ0v) is 13.0. The van der Waals surface area contributed by atoms with Crippen molar-refractivity contribution in [1.82, 2.24) is 0 Å². The molecule has 0 amide bonds. The van der Waals surface area contributed by atoms with Crippen LogP contribution in [0.3, 0.4) is 0 Å². The van der Waals surface area contributed by atoms with Gasteiger partial charge >= 0.3 is 5.97 Å². The van der Waals surface area contributed by atoms with Crippen LogP contribution in [0.1, 0.15) is 24.8 Å². The third-order valence-corrected chi connectivity index (χ3v) is 4.06. The van der Waals surface area contributed by atoms with Crippen molar-refractivity contribution >= 4 is 11.7 Å². The van der Waals surface area contributed by atoms with Crippen molar-refractivity contribution in [3.63, 3.8) is 0 Å². The minimum Gasteiger partial charge on any atom is -0.486 e. The van der Waals surface area contributed by atoms with Crippen LogP contribution < -0.4 is 9.64 Å². The summed E-state index contributed by atoms with van der Waals surface area (Å²) in [6, 6.07) is 18.4. The molecule has 120 valence electrons. The van der Waals surface area contributed by atoms with E-state index >= 15 is 0 Å². The summed E-state index contributed by atoms with van der Waals surface area (Å²) in [6.07, 6.45) is 1.63. The van der Waals surface area contributed by atoms with E-state index < -0.39 is 5.97 Å². The summed E-state index contributed by atoms with van der Waals surface area (Å²) >= 11 is 0. The fourth-order valence-corrected chi connectivity index (χ4v) is 2.96. The number of carboxylic acids is 1. The predicted octanol–water partition coefficient (Wildman–Crippen LogP) is 3.71. The van der Waals surface area contributed by atoms with Crippen LogP contribution in [0.15, 0.2) is 54.6 Å². The lowest BCUT2D eigenvalue weighted by atomic mass is 10.1. The fourth-order valence-electron chi connectivity index (χ4n) is 2.96. The highest BCUT2D eigenvalue weighted by atomic mass is 16.5. The number of hydrogen-bond acceptors (Lipinski definition) is 3. The minimum absolute atomic E-state index is 0.0352. The molecule has 2 aromatic carbocycles. The molecule has 0 aliphatic carbocycles. The lowest BCUT2D eigenvalue weighted by Crippen LogP contribution is -2.39. The summed E-state index contributed by atoms with van der Waals surface area (Å²) in [4.78, 5) is 13.0. The Morgan fingerprint density at radius 2 is 1.87 bits per heavy atom. The molecule has 0 aromatic heterocycles. The van der Waals surface area contributed by atoms with Crippen molar-refractivity contribution in [1.29, 1.82) is 0 Å². The summed E-state index contributed by atoms with van der Waals surface area (Å²) in [7, 11) is 0. The smallest absolute Gasteiger partial charge is 0.303 e. The standard InChI is InChI=1S/C19H21NO3/c21-19(22)12-6-9-16-14-20(13-15-7-2-1-3-8-15)17-10-4-5-11-18(17)23-16/h1-5,7-8,10-11,16H,6,9,12-14H2,(H,21,22). The van der Waals surface area contributed by atoms with Gasteiger partial charge in [-0.1, -0.05) is 42.5 Å². The van der Waals surface area contributed by atoms with Crippen LogP contribution in [0, 0.1) is 0 Å². The molecule has 2 aromatic rings. The molecule has 1 atom stereocenters. The van der Waals surface area contributed by atoms with E-state index in [1.165, 1.54) is 5.56 Å². The number of carboxylic acid groups (broad SMARTS) is 1. The Balaban J connectivity index is 1.73. The molecule has 0 spiro atoms. The quantitative estimate of drug-likeness (QED) is 0.883. The van der Waals surface area contributed by atoms with E-state index in [1.807, 2.05) is 36.4 Å². The Morgan fingerprint density at radius 1 is 1.13 bits per heavy atom. The zero-order chi connectivity index (χ0) is 16.1. The van der Waals surface area contributed by atoms with Crippen molar-refractivity contribution in [2.24, 2.45) is 0 Å². The van der Waals surface area contributed by atoms with Crippen LogP contribution in [-0.4, -0.2) is 23.7 Å². The van der Waals surface area contributed by atoms with E-state index in [0.29, 0.717) is 6.42 Å². The predicted molar refractivity (Wildman–Crippen MR) is 89.8 cm³/mol. The average molecular weight is 311 g/mol. The maximum atomic E-state index is 10.7. The van der Waals surface area contributed by atoms with Gasteiger partial charge < -0.3 is 14.7 Å². The molecule has 4 nitrogen and oxygen atoms in total. The number of carbonyl (C=O) groups is 1. The van der Waals surface area contributed by atoms with Crippen LogP contribution in [0.2, 0.25) is 0 Å². The Hall–Kier alpha value is -2.49. The molecule has 23 heavy (non-hydrogen) atoms. The molecular formula is C19H21NO3. The second kappa shape index (κ2) is 7.18. The van der Waals surface area contributed by atoms with Gasteiger partial charge in [-0.05, 0) is 30.5 Å². The summed E-state index contributed by atoms with van der Waals surface area (Å²) in [5, 5.41) is 8.80. The van der Waals surface area contributed by atoms with Gasteiger partial charge in [-0.2, -0.15) is 0 Å². The monoisotopic (exact) mass is 311 g/mol. The first-order chi connectivity index (χ1) is 11.2. The first-order valence-corrected chi connectivity index (χ1v) is 7.99. The molecule has 0 saturated carbocycles. The van der Waals surface area contributed by atoms with Crippen molar-refractivity contribution in [3.05, 3.63) is 60.2 Å². The van der Waals surface area contributed by atoms with Crippen LogP contribution >= 0.6 is 0 Å². The zero-order valence-electron chi connectivity index (χ0n) is 13.0. The van der Waals surface area contributed by atoms with E-state index in [1.54, 1.807) is 0 Å². The number of ether oxygens (including phenoxy) is 1. The Bertz CT molecular complexity index is 657. The second-order valence-corrected chi connectivity index (χ2v) is 5.86. The Kier molecular flexibility index (Phi) is 4.81. The highest BCUT2D eigenvalue weighted by Gasteiger charge is 2.25. The Morgan fingerprint density at radius 3 is 2.65 bits per heavy atom. The van der Waals surface area contributed by atoms with Gasteiger partial charge in [0.05, 0.1) is 12.2 Å². The van der Waals surface area contributed by atoms with Gasteiger partial charge in [-0.25, -0.2) is 0 Å². The fraction of sp³-hybridized carbons (Fsp3) is 0.316. The number of benzene rings is 2. The first kappa shape index (κ1) is 15.4. The van der Waals surface area contributed by atoms with Gasteiger partial charge in [0.25, 0.3) is 0 Å².